The van der Waals surface area contributed by atoms with E-state index in [-0.39, 0.29) is 25.7 Å². The normalized spacial score (nSPS) is 11.5. The Kier molecular flexibility index (Phi) is 10.9. The van der Waals surface area contributed by atoms with Crippen LogP contribution in [-0.2, 0) is 38.1 Å². The molecule has 14 heteroatoms. The predicted molar refractivity (Wildman–Crippen MR) is 73.9 cm³/mol. The first-order valence-electron chi connectivity index (χ1n) is 7.63. The number of hydrogen-bond acceptors (Lipinski definition) is 8. The van der Waals surface area contributed by atoms with E-state index in [2.05, 4.69) is 18.9 Å². The highest BCUT2D eigenvalue weighted by molar-refractivity contribution is 5.76. The van der Waals surface area contributed by atoms with Crippen LogP contribution >= 0.6 is 0 Å². The Hall–Kier alpha value is -2.54. The summed E-state index contributed by atoms with van der Waals surface area (Å²) >= 11 is 0. The molecule has 0 atom stereocenters. The fourth-order valence-corrected chi connectivity index (χ4v) is 1.50. The summed E-state index contributed by atoms with van der Waals surface area (Å²) in [5.41, 5.74) is 0. The first kappa shape index (κ1) is 25.5. The SMILES string of the molecule is O=C(CCCCCCC(=O)OCOC(=O)C(F)(F)F)OCOC(=O)C(F)(F)F. The summed E-state index contributed by atoms with van der Waals surface area (Å²) in [5, 5.41) is 0. The standard InChI is InChI=1S/C14H16F6O8/c15-13(16,17)11(23)27-7-25-9(21)5-3-1-2-4-6-10(22)26-8-28-12(24)14(18,19)20/h1-8H2. The van der Waals surface area contributed by atoms with E-state index in [1.54, 1.807) is 0 Å². The second-order valence-corrected chi connectivity index (χ2v) is 5.04. The van der Waals surface area contributed by atoms with Gasteiger partial charge in [-0.1, -0.05) is 12.8 Å². The topological polar surface area (TPSA) is 105 Å². The summed E-state index contributed by atoms with van der Waals surface area (Å²) in [6.45, 7) is -2.33. The quantitative estimate of drug-likeness (QED) is 0.215. The molecule has 0 rings (SSSR count). The minimum Gasteiger partial charge on any atom is -0.428 e. The third-order valence-corrected chi connectivity index (χ3v) is 2.79. The molecule has 0 spiro atoms. The highest BCUT2D eigenvalue weighted by Crippen LogP contribution is 2.17. The molecule has 0 aromatic carbocycles. The minimum atomic E-state index is -5.19. The first-order valence-corrected chi connectivity index (χ1v) is 7.63. The second kappa shape index (κ2) is 12.0. The number of carbonyl (C=O) groups excluding carboxylic acids is 4. The maximum absolute atomic E-state index is 11.8. The van der Waals surface area contributed by atoms with Gasteiger partial charge >= 0.3 is 36.2 Å². The number of hydrogen-bond donors (Lipinski definition) is 0. The van der Waals surface area contributed by atoms with Crippen molar-refractivity contribution in [2.75, 3.05) is 13.6 Å². The van der Waals surface area contributed by atoms with Crippen molar-refractivity contribution >= 4 is 23.9 Å². The van der Waals surface area contributed by atoms with Gasteiger partial charge in [0.25, 0.3) is 0 Å². The van der Waals surface area contributed by atoms with Crippen molar-refractivity contribution in [3.05, 3.63) is 0 Å². The number of alkyl halides is 6. The molecule has 0 heterocycles. The maximum Gasteiger partial charge on any atom is 0.491 e. The zero-order valence-electron chi connectivity index (χ0n) is 14.2. The zero-order valence-corrected chi connectivity index (χ0v) is 14.2. The maximum atomic E-state index is 11.8. The highest BCUT2D eigenvalue weighted by Gasteiger charge is 2.41. The lowest BCUT2D eigenvalue weighted by Crippen LogP contribution is -2.26. The van der Waals surface area contributed by atoms with E-state index in [1.165, 1.54) is 0 Å². The molecule has 0 aliphatic rings. The average Bonchev–Trinajstić information content (AvgIpc) is 2.56. The van der Waals surface area contributed by atoms with Gasteiger partial charge in [-0.3, -0.25) is 9.59 Å². The van der Waals surface area contributed by atoms with E-state index in [0.29, 0.717) is 12.8 Å². The van der Waals surface area contributed by atoms with Crippen LogP contribution in [0.2, 0.25) is 0 Å². The number of esters is 4. The number of rotatable bonds is 11. The van der Waals surface area contributed by atoms with E-state index in [0.717, 1.165) is 0 Å². The Labute approximate surface area is 154 Å². The molecule has 0 saturated carbocycles. The molecule has 28 heavy (non-hydrogen) atoms. The van der Waals surface area contributed by atoms with E-state index in [9.17, 15) is 45.5 Å². The van der Waals surface area contributed by atoms with Crippen LogP contribution < -0.4 is 0 Å². The van der Waals surface area contributed by atoms with Crippen LogP contribution in [0, 0.1) is 0 Å². The molecule has 162 valence electrons. The number of ether oxygens (including phenoxy) is 4. The largest absolute Gasteiger partial charge is 0.491 e. The summed E-state index contributed by atoms with van der Waals surface area (Å²) < 4.78 is 86.6. The van der Waals surface area contributed by atoms with Crippen molar-refractivity contribution in [1.29, 1.82) is 0 Å². The molecular weight excluding hydrogens is 410 g/mol. The van der Waals surface area contributed by atoms with E-state index in [1.807, 2.05) is 0 Å². The number of unbranched alkanes of at least 4 members (excludes halogenated alkanes) is 3. The van der Waals surface area contributed by atoms with Crippen LogP contribution in [0.4, 0.5) is 26.3 Å². The molecule has 0 N–H and O–H groups in total. The van der Waals surface area contributed by atoms with Crippen LogP contribution in [-0.4, -0.2) is 49.8 Å². The molecule has 8 nitrogen and oxygen atoms in total. The van der Waals surface area contributed by atoms with Gasteiger partial charge in [0, 0.05) is 12.8 Å². The minimum absolute atomic E-state index is 0.165. The molecule has 0 aromatic rings. The van der Waals surface area contributed by atoms with Crippen molar-refractivity contribution in [2.24, 2.45) is 0 Å². The number of halogens is 6. The van der Waals surface area contributed by atoms with Crippen LogP contribution in [0.1, 0.15) is 38.5 Å². The monoisotopic (exact) mass is 426 g/mol. The van der Waals surface area contributed by atoms with Gasteiger partial charge in [0.05, 0.1) is 0 Å². The Balaban J connectivity index is 3.63. The molecular formula is C14H16F6O8. The summed E-state index contributed by atoms with van der Waals surface area (Å²) in [4.78, 5) is 43.0. The van der Waals surface area contributed by atoms with Crippen LogP contribution in [0.15, 0.2) is 0 Å². The van der Waals surface area contributed by atoms with Crippen molar-refractivity contribution in [2.45, 2.75) is 50.9 Å². The van der Waals surface area contributed by atoms with Crippen molar-refractivity contribution in [3.63, 3.8) is 0 Å². The fraction of sp³-hybridized carbons (Fsp3) is 0.714. The molecule has 0 saturated heterocycles. The lowest BCUT2D eigenvalue weighted by molar-refractivity contribution is -0.210. The lowest BCUT2D eigenvalue weighted by atomic mass is 10.1. The molecule has 0 bridgehead atoms. The predicted octanol–water partition coefficient (Wildman–Crippen LogP) is 2.54. The smallest absolute Gasteiger partial charge is 0.428 e. The molecule has 0 radical (unpaired) electrons. The molecule has 0 unspecified atom stereocenters. The van der Waals surface area contributed by atoms with Crippen LogP contribution in [0.25, 0.3) is 0 Å². The summed E-state index contributed by atoms with van der Waals surface area (Å²) in [6.07, 6.45) is -9.32. The van der Waals surface area contributed by atoms with Gasteiger partial charge in [0.2, 0.25) is 13.6 Å². The van der Waals surface area contributed by atoms with Crippen molar-refractivity contribution in [3.8, 4) is 0 Å². The van der Waals surface area contributed by atoms with Gasteiger partial charge in [0.15, 0.2) is 0 Å². The molecule has 0 aromatic heterocycles. The number of carbonyl (C=O) groups is 4. The Morgan fingerprint density at radius 2 is 0.857 bits per heavy atom. The van der Waals surface area contributed by atoms with Gasteiger partial charge in [0.1, 0.15) is 0 Å². The van der Waals surface area contributed by atoms with Gasteiger partial charge in [-0.15, -0.1) is 0 Å². The van der Waals surface area contributed by atoms with Gasteiger partial charge < -0.3 is 18.9 Å². The summed E-state index contributed by atoms with van der Waals surface area (Å²) in [7, 11) is 0. The molecule has 0 amide bonds. The van der Waals surface area contributed by atoms with Crippen LogP contribution in [0.5, 0.6) is 0 Å². The molecule has 0 fully saturated rings. The van der Waals surface area contributed by atoms with E-state index < -0.39 is 49.8 Å². The second-order valence-electron chi connectivity index (χ2n) is 5.04. The Morgan fingerprint density at radius 1 is 0.536 bits per heavy atom. The third kappa shape index (κ3) is 12.8. The van der Waals surface area contributed by atoms with E-state index in [4.69, 9.17) is 0 Å². The average molecular weight is 426 g/mol. The van der Waals surface area contributed by atoms with Gasteiger partial charge in [-0.05, 0) is 12.8 Å². The Bertz CT molecular complexity index is 495. The summed E-state index contributed by atoms with van der Waals surface area (Å²) in [6, 6.07) is 0. The van der Waals surface area contributed by atoms with Crippen LogP contribution in [0.3, 0.4) is 0 Å². The fourth-order valence-electron chi connectivity index (χ4n) is 1.50. The Morgan fingerprint density at radius 3 is 1.14 bits per heavy atom. The molecule has 0 aliphatic heterocycles. The van der Waals surface area contributed by atoms with Gasteiger partial charge in [-0.25, -0.2) is 9.59 Å². The lowest BCUT2D eigenvalue weighted by Gasteiger charge is -2.08. The van der Waals surface area contributed by atoms with Crippen molar-refractivity contribution in [1.82, 2.24) is 0 Å². The highest BCUT2D eigenvalue weighted by atomic mass is 19.4. The summed E-state index contributed by atoms with van der Waals surface area (Å²) in [5.74, 6) is -6.75. The van der Waals surface area contributed by atoms with Crippen molar-refractivity contribution < 1.29 is 64.5 Å². The van der Waals surface area contributed by atoms with E-state index >= 15 is 0 Å². The first-order chi connectivity index (χ1) is 12.8. The van der Waals surface area contributed by atoms with Gasteiger partial charge in [-0.2, -0.15) is 26.3 Å². The zero-order chi connectivity index (χ0) is 21.8. The molecule has 0 aliphatic carbocycles. The third-order valence-electron chi connectivity index (χ3n) is 2.79.